The molecule has 0 radical (unpaired) electrons. The van der Waals surface area contributed by atoms with Crippen LogP contribution in [-0.2, 0) is 0 Å². The van der Waals surface area contributed by atoms with E-state index in [-0.39, 0.29) is 16.6 Å². The average Bonchev–Trinajstić information content (AvgIpc) is 2.08. The van der Waals surface area contributed by atoms with E-state index in [1.807, 2.05) is 0 Å². The average molecular weight is 185 g/mol. The number of carbonyl (C=O) groups excluding carboxylic acids is 1. The number of Topliss-reactive ketones (excluding diaryl/α,β-unsaturated/α-hetero) is 1. The van der Waals surface area contributed by atoms with Crippen molar-refractivity contribution in [1.29, 1.82) is 0 Å². The predicted octanol–water partition coefficient (Wildman–Crippen LogP) is 2.64. The van der Waals surface area contributed by atoms with Crippen LogP contribution in [0.3, 0.4) is 0 Å². The minimum Gasteiger partial charge on any atom is -0.506 e. The first-order chi connectivity index (χ1) is 5.65. The maximum absolute atomic E-state index is 11.1. The number of carbonyl (C=O) groups is 1. The van der Waals surface area contributed by atoms with E-state index in [0.29, 0.717) is 12.0 Å². The second kappa shape index (κ2) is 3.59. The van der Waals surface area contributed by atoms with Crippen molar-refractivity contribution < 1.29 is 9.90 Å². The normalized spacial score (nSPS) is 9.83. The number of rotatable bonds is 2. The van der Waals surface area contributed by atoms with Crippen molar-refractivity contribution in [1.82, 2.24) is 0 Å². The minimum atomic E-state index is -0.0454. The molecule has 0 spiro atoms. The topological polar surface area (TPSA) is 37.3 Å². The van der Waals surface area contributed by atoms with Crippen LogP contribution in [0.1, 0.15) is 23.7 Å². The molecule has 64 valence electrons. The summed E-state index contributed by atoms with van der Waals surface area (Å²) in [6, 6.07) is 4.50. The second-order valence-electron chi connectivity index (χ2n) is 2.44. The monoisotopic (exact) mass is 184 g/mol. The molecule has 1 N–H and O–H groups in total. The van der Waals surface area contributed by atoms with Crippen LogP contribution in [0.5, 0.6) is 5.75 Å². The molecule has 1 aromatic rings. The molecule has 0 atom stereocenters. The highest BCUT2D eigenvalue weighted by Gasteiger charge is 2.05. The van der Waals surface area contributed by atoms with E-state index in [4.69, 9.17) is 16.7 Å². The van der Waals surface area contributed by atoms with Gasteiger partial charge in [-0.3, -0.25) is 4.79 Å². The third-order valence-electron chi connectivity index (χ3n) is 1.59. The third kappa shape index (κ3) is 1.77. The molecule has 0 saturated carbocycles. The lowest BCUT2D eigenvalue weighted by atomic mass is 10.1. The van der Waals surface area contributed by atoms with Crippen molar-refractivity contribution in [3.05, 3.63) is 28.8 Å². The van der Waals surface area contributed by atoms with E-state index in [1.165, 1.54) is 12.1 Å². The standard InChI is InChI=1S/C9H9ClO2/c1-2-8(11)6-3-4-7(10)9(12)5-6/h3-5,12H,2H2,1H3. The fourth-order valence-electron chi connectivity index (χ4n) is 0.890. The fraction of sp³-hybridized carbons (Fsp3) is 0.222. The Kier molecular flexibility index (Phi) is 2.71. The Hall–Kier alpha value is -1.02. The molecule has 2 nitrogen and oxygen atoms in total. The summed E-state index contributed by atoms with van der Waals surface area (Å²) in [6.07, 6.45) is 0.432. The summed E-state index contributed by atoms with van der Waals surface area (Å²) in [7, 11) is 0. The van der Waals surface area contributed by atoms with Gasteiger partial charge in [0.2, 0.25) is 0 Å². The highest BCUT2D eigenvalue weighted by Crippen LogP contribution is 2.24. The maximum atomic E-state index is 11.1. The van der Waals surface area contributed by atoms with Crippen LogP contribution in [0.4, 0.5) is 0 Å². The molecule has 0 bridgehead atoms. The summed E-state index contributed by atoms with van der Waals surface area (Å²) in [6.45, 7) is 1.77. The van der Waals surface area contributed by atoms with Crippen molar-refractivity contribution >= 4 is 17.4 Å². The quantitative estimate of drug-likeness (QED) is 0.718. The zero-order chi connectivity index (χ0) is 9.14. The Morgan fingerprint density at radius 2 is 2.25 bits per heavy atom. The third-order valence-corrected chi connectivity index (χ3v) is 1.91. The minimum absolute atomic E-state index is 0.00182. The number of phenols is 1. The van der Waals surface area contributed by atoms with E-state index >= 15 is 0 Å². The Labute approximate surface area is 75.8 Å². The highest BCUT2D eigenvalue weighted by molar-refractivity contribution is 6.32. The van der Waals surface area contributed by atoms with Crippen molar-refractivity contribution in [2.75, 3.05) is 0 Å². The fourth-order valence-corrected chi connectivity index (χ4v) is 1.01. The summed E-state index contributed by atoms with van der Waals surface area (Å²) in [5.41, 5.74) is 0.499. The number of ketones is 1. The molecule has 0 heterocycles. The lowest BCUT2D eigenvalue weighted by Gasteiger charge is -1.99. The van der Waals surface area contributed by atoms with Gasteiger partial charge in [0.15, 0.2) is 5.78 Å². The smallest absolute Gasteiger partial charge is 0.162 e. The molecule has 0 unspecified atom stereocenters. The number of halogens is 1. The largest absolute Gasteiger partial charge is 0.506 e. The predicted molar refractivity (Wildman–Crippen MR) is 47.7 cm³/mol. The summed E-state index contributed by atoms with van der Waals surface area (Å²) in [5.74, 6) is -0.0436. The second-order valence-corrected chi connectivity index (χ2v) is 2.85. The van der Waals surface area contributed by atoms with Crippen LogP contribution in [0.25, 0.3) is 0 Å². The van der Waals surface area contributed by atoms with Gasteiger partial charge in [-0.25, -0.2) is 0 Å². The van der Waals surface area contributed by atoms with Gasteiger partial charge in [0, 0.05) is 12.0 Å². The first-order valence-corrected chi connectivity index (χ1v) is 4.04. The lowest BCUT2D eigenvalue weighted by Crippen LogP contribution is -1.95. The number of hydrogen-bond acceptors (Lipinski definition) is 2. The first kappa shape index (κ1) is 9.07. The molecular formula is C9H9ClO2. The van der Waals surface area contributed by atoms with Crippen molar-refractivity contribution in [3.63, 3.8) is 0 Å². The molecule has 0 aliphatic carbocycles. The van der Waals surface area contributed by atoms with Gasteiger partial charge in [-0.05, 0) is 18.2 Å². The Balaban J connectivity index is 3.05. The highest BCUT2D eigenvalue weighted by atomic mass is 35.5. The molecule has 1 rings (SSSR count). The zero-order valence-corrected chi connectivity index (χ0v) is 7.43. The Morgan fingerprint density at radius 3 is 2.75 bits per heavy atom. The summed E-state index contributed by atoms with van der Waals surface area (Å²) >= 11 is 5.57. The van der Waals surface area contributed by atoms with E-state index in [9.17, 15) is 4.79 Å². The van der Waals surface area contributed by atoms with E-state index in [0.717, 1.165) is 0 Å². The summed E-state index contributed by atoms with van der Waals surface area (Å²) in [4.78, 5) is 11.1. The van der Waals surface area contributed by atoms with Gasteiger partial charge in [0.1, 0.15) is 5.75 Å². The lowest BCUT2D eigenvalue weighted by molar-refractivity contribution is 0.0988. The SMILES string of the molecule is CCC(=O)c1ccc(Cl)c(O)c1. The van der Waals surface area contributed by atoms with Gasteiger partial charge in [-0.1, -0.05) is 18.5 Å². The van der Waals surface area contributed by atoms with Crippen LogP contribution in [0, 0.1) is 0 Å². The van der Waals surface area contributed by atoms with Crippen molar-refractivity contribution in [3.8, 4) is 5.75 Å². The molecule has 0 aliphatic heterocycles. The van der Waals surface area contributed by atoms with E-state index < -0.39 is 0 Å². The molecule has 0 saturated heterocycles. The van der Waals surface area contributed by atoms with Gasteiger partial charge in [-0.2, -0.15) is 0 Å². The summed E-state index contributed by atoms with van der Waals surface area (Å²) < 4.78 is 0. The van der Waals surface area contributed by atoms with Crippen LogP contribution in [0.15, 0.2) is 18.2 Å². The van der Waals surface area contributed by atoms with Gasteiger partial charge in [0.05, 0.1) is 5.02 Å². The van der Waals surface area contributed by atoms with Crippen LogP contribution in [-0.4, -0.2) is 10.9 Å². The van der Waals surface area contributed by atoms with Crippen LogP contribution < -0.4 is 0 Å². The molecule has 0 amide bonds. The first-order valence-electron chi connectivity index (χ1n) is 3.67. The molecular weight excluding hydrogens is 176 g/mol. The van der Waals surface area contributed by atoms with Gasteiger partial charge >= 0.3 is 0 Å². The van der Waals surface area contributed by atoms with Gasteiger partial charge in [0.25, 0.3) is 0 Å². The molecule has 0 fully saturated rings. The van der Waals surface area contributed by atoms with Crippen LogP contribution >= 0.6 is 11.6 Å². The number of hydrogen-bond donors (Lipinski definition) is 1. The molecule has 0 aromatic heterocycles. The Bertz CT molecular complexity index is 307. The van der Waals surface area contributed by atoms with Crippen molar-refractivity contribution in [2.45, 2.75) is 13.3 Å². The molecule has 3 heteroatoms. The van der Waals surface area contributed by atoms with E-state index in [1.54, 1.807) is 13.0 Å². The number of benzene rings is 1. The molecule has 1 aromatic carbocycles. The Morgan fingerprint density at radius 1 is 1.58 bits per heavy atom. The van der Waals surface area contributed by atoms with Crippen molar-refractivity contribution in [2.24, 2.45) is 0 Å². The van der Waals surface area contributed by atoms with Gasteiger partial charge < -0.3 is 5.11 Å². The van der Waals surface area contributed by atoms with Gasteiger partial charge in [-0.15, -0.1) is 0 Å². The zero-order valence-electron chi connectivity index (χ0n) is 6.67. The summed E-state index contributed by atoms with van der Waals surface area (Å²) in [5, 5.41) is 9.43. The number of aromatic hydroxyl groups is 1. The number of phenolic OH excluding ortho intramolecular Hbond substituents is 1. The van der Waals surface area contributed by atoms with Crippen LogP contribution in [0.2, 0.25) is 5.02 Å². The molecule has 12 heavy (non-hydrogen) atoms. The maximum Gasteiger partial charge on any atom is 0.162 e. The molecule has 0 aliphatic rings. The van der Waals surface area contributed by atoms with E-state index in [2.05, 4.69) is 0 Å².